The number of fused-ring (bicyclic) bond motifs is 3. The molecule has 6 rings (SSSR count). The van der Waals surface area contributed by atoms with Crippen molar-refractivity contribution in [3.8, 4) is 11.2 Å². The molecule has 214 valence electrons. The van der Waals surface area contributed by atoms with Crippen LogP contribution in [0.3, 0.4) is 0 Å². The van der Waals surface area contributed by atoms with Crippen molar-refractivity contribution in [2.75, 3.05) is 26.8 Å². The zero-order valence-corrected chi connectivity index (χ0v) is 23.4. The number of ether oxygens (including phenoxy) is 1. The van der Waals surface area contributed by atoms with E-state index in [4.69, 9.17) is 4.74 Å². The molecule has 0 spiro atoms. The van der Waals surface area contributed by atoms with Gasteiger partial charge in [0.2, 0.25) is 21.1 Å². The van der Waals surface area contributed by atoms with Gasteiger partial charge in [-0.3, -0.25) is 9.36 Å². The maximum absolute atomic E-state index is 13.4. The summed E-state index contributed by atoms with van der Waals surface area (Å²) < 4.78 is 62.3. The molecule has 3 aromatic heterocycles. The summed E-state index contributed by atoms with van der Waals surface area (Å²) >= 11 is 0.681. The SMILES string of the molecule is COCC(=O)N1CCC(c2ncnc3c2c2ccc(S(=O)(=O)NC4(C#N)CC4)cc2n3-c2nnc(C(F)F)s2)CC1. The van der Waals surface area contributed by atoms with E-state index in [0.717, 1.165) is 0 Å². The molecule has 1 aromatic carbocycles. The average Bonchev–Trinajstić information content (AvgIpc) is 3.40. The number of likely N-dealkylation sites (tertiary alicyclic amines) is 1. The zero-order valence-electron chi connectivity index (χ0n) is 21.7. The van der Waals surface area contributed by atoms with Crippen LogP contribution in [0.15, 0.2) is 29.4 Å². The fourth-order valence-corrected chi connectivity index (χ4v) is 7.32. The van der Waals surface area contributed by atoms with Gasteiger partial charge in [0.25, 0.3) is 6.43 Å². The van der Waals surface area contributed by atoms with E-state index in [-0.39, 0.29) is 28.5 Å². The summed E-state index contributed by atoms with van der Waals surface area (Å²) in [5, 5.41) is 17.9. The number of benzene rings is 1. The van der Waals surface area contributed by atoms with Crippen molar-refractivity contribution in [1.82, 2.24) is 34.4 Å². The molecule has 0 atom stereocenters. The Kier molecular flexibility index (Phi) is 6.92. The largest absolute Gasteiger partial charge is 0.375 e. The molecule has 1 saturated heterocycles. The maximum atomic E-state index is 13.4. The van der Waals surface area contributed by atoms with Crippen LogP contribution in [-0.2, 0) is 19.6 Å². The summed E-state index contributed by atoms with van der Waals surface area (Å²) in [7, 11) is -2.60. The Hall–Kier alpha value is -3.65. The van der Waals surface area contributed by atoms with Crippen molar-refractivity contribution in [3.05, 3.63) is 35.2 Å². The number of halogens is 2. The molecule has 1 amide bonds. The first-order valence-corrected chi connectivity index (χ1v) is 15.1. The third-order valence-corrected chi connectivity index (χ3v) is 9.91. The van der Waals surface area contributed by atoms with Crippen molar-refractivity contribution in [1.29, 1.82) is 5.26 Å². The summed E-state index contributed by atoms with van der Waals surface area (Å²) in [6.07, 6.45) is 0.659. The second-order valence-electron chi connectivity index (χ2n) is 10.1. The van der Waals surface area contributed by atoms with E-state index >= 15 is 0 Å². The smallest absolute Gasteiger partial charge is 0.291 e. The van der Waals surface area contributed by atoms with Gasteiger partial charge < -0.3 is 9.64 Å². The first kappa shape index (κ1) is 27.5. The van der Waals surface area contributed by atoms with E-state index in [1.54, 1.807) is 11.0 Å². The molecule has 0 unspecified atom stereocenters. The van der Waals surface area contributed by atoms with Gasteiger partial charge in [-0.2, -0.15) is 9.98 Å². The molecule has 4 heterocycles. The quantitative estimate of drug-likeness (QED) is 0.320. The highest BCUT2D eigenvalue weighted by Gasteiger charge is 2.47. The number of carbonyl (C=O) groups excluding carboxylic acids is 1. The normalized spacial score (nSPS) is 17.4. The lowest BCUT2D eigenvalue weighted by Crippen LogP contribution is -2.39. The maximum Gasteiger partial charge on any atom is 0.291 e. The summed E-state index contributed by atoms with van der Waals surface area (Å²) in [5.41, 5.74) is 0.338. The van der Waals surface area contributed by atoms with E-state index in [9.17, 15) is 27.3 Å². The third kappa shape index (κ3) is 4.92. The summed E-state index contributed by atoms with van der Waals surface area (Å²) in [6, 6.07) is 6.51. The third-order valence-electron chi connectivity index (χ3n) is 7.46. The van der Waals surface area contributed by atoms with Crippen molar-refractivity contribution < 1.29 is 26.7 Å². The van der Waals surface area contributed by atoms with Gasteiger partial charge in [-0.1, -0.05) is 17.4 Å². The van der Waals surface area contributed by atoms with Crippen LogP contribution >= 0.6 is 11.3 Å². The van der Waals surface area contributed by atoms with E-state index < -0.39 is 27.0 Å². The minimum absolute atomic E-state index is 0.00788. The predicted octanol–water partition coefficient (Wildman–Crippen LogP) is 3.05. The Bertz CT molecular complexity index is 1810. The molecular weight excluding hydrogens is 578 g/mol. The number of sulfonamides is 1. The number of amides is 1. The van der Waals surface area contributed by atoms with Gasteiger partial charge in [0.15, 0.2) is 10.7 Å². The van der Waals surface area contributed by atoms with Crippen molar-refractivity contribution in [3.63, 3.8) is 0 Å². The molecule has 1 saturated carbocycles. The van der Waals surface area contributed by atoms with Crippen LogP contribution in [0, 0.1) is 11.3 Å². The molecule has 1 N–H and O–H groups in total. The second kappa shape index (κ2) is 10.3. The van der Waals surface area contributed by atoms with Crippen LogP contribution in [0.4, 0.5) is 8.78 Å². The van der Waals surface area contributed by atoms with Gasteiger partial charge in [-0.05, 0) is 37.8 Å². The van der Waals surface area contributed by atoms with Gasteiger partial charge in [-0.15, -0.1) is 10.2 Å². The molecule has 0 radical (unpaired) electrons. The summed E-state index contributed by atoms with van der Waals surface area (Å²) in [6.45, 7) is 1.04. The molecular formula is C25H24F2N8O4S2. The molecule has 2 aliphatic rings. The number of aromatic nitrogens is 5. The molecule has 16 heteroatoms. The Morgan fingerprint density at radius 2 is 2.02 bits per heavy atom. The Labute approximate surface area is 237 Å². The number of hydrogen-bond acceptors (Lipinski definition) is 10. The number of nitriles is 1. The van der Waals surface area contributed by atoms with Crippen LogP contribution in [0.2, 0.25) is 0 Å². The number of alkyl halides is 2. The molecule has 4 aromatic rings. The molecule has 1 aliphatic carbocycles. The topological polar surface area (TPSA) is 156 Å². The van der Waals surface area contributed by atoms with E-state index in [2.05, 4.69) is 24.9 Å². The van der Waals surface area contributed by atoms with Gasteiger partial charge in [0.05, 0.1) is 22.2 Å². The number of hydrogen-bond donors (Lipinski definition) is 1. The Morgan fingerprint density at radius 1 is 1.27 bits per heavy atom. The monoisotopic (exact) mass is 602 g/mol. The molecule has 12 nitrogen and oxygen atoms in total. The highest BCUT2D eigenvalue weighted by atomic mass is 32.2. The lowest BCUT2D eigenvalue weighted by Gasteiger charge is -2.31. The van der Waals surface area contributed by atoms with Crippen LogP contribution in [0.25, 0.3) is 27.1 Å². The number of nitrogens with zero attached hydrogens (tertiary/aromatic N) is 7. The van der Waals surface area contributed by atoms with Crippen molar-refractivity contribution in [2.45, 2.75) is 48.5 Å². The van der Waals surface area contributed by atoms with Gasteiger partial charge in [-0.25, -0.2) is 27.2 Å². The Morgan fingerprint density at radius 3 is 2.66 bits per heavy atom. The van der Waals surface area contributed by atoms with Crippen molar-refractivity contribution in [2.24, 2.45) is 0 Å². The van der Waals surface area contributed by atoms with Gasteiger partial charge in [0, 0.05) is 36.9 Å². The standard InChI is InChI=1S/C25H24F2N8O4S2/c1-39-11-18(36)34-8-4-14(5-9-34)20-19-16-3-2-15(41(37,38)33-25(12-28)6-7-25)10-17(16)35(22(19)30-13-29-20)24-32-31-23(40-24)21(26)27/h2-3,10,13-14,21,33H,4-9,11H2,1H3. The number of carbonyl (C=O) groups is 1. The minimum Gasteiger partial charge on any atom is -0.375 e. The number of piperidine rings is 1. The first-order valence-electron chi connectivity index (χ1n) is 12.8. The average molecular weight is 603 g/mol. The van der Waals surface area contributed by atoms with E-state index in [1.807, 2.05) is 6.07 Å². The van der Waals surface area contributed by atoms with E-state index in [0.29, 0.717) is 77.7 Å². The van der Waals surface area contributed by atoms with E-state index in [1.165, 1.54) is 30.1 Å². The van der Waals surface area contributed by atoms with Crippen molar-refractivity contribution >= 4 is 49.2 Å². The molecule has 0 bridgehead atoms. The number of nitrogens with one attached hydrogen (secondary N) is 1. The lowest BCUT2D eigenvalue weighted by molar-refractivity contribution is -0.136. The highest BCUT2D eigenvalue weighted by molar-refractivity contribution is 7.89. The van der Waals surface area contributed by atoms with Gasteiger partial charge >= 0.3 is 0 Å². The van der Waals surface area contributed by atoms with Crippen LogP contribution in [0.1, 0.15) is 48.7 Å². The zero-order chi connectivity index (χ0) is 28.9. The fraction of sp³-hybridized carbons (Fsp3) is 0.440. The summed E-state index contributed by atoms with van der Waals surface area (Å²) in [4.78, 5) is 23.0. The fourth-order valence-electron chi connectivity index (χ4n) is 5.21. The molecule has 1 aliphatic heterocycles. The first-order chi connectivity index (χ1) is 19.7. The summed E-state index contributed by atoms with van der Waals surface area (Å²) in [5.74, 6) is -0.124. The molecule has 41 heavy (non-hydrogen) atoms. The number of methoxy groups -OCH3 is 1. The number of rotatable bonds is 8. The van der Waals surface area contributed by atoms with Crippen LogP contribution < -0.4 is 4.72 Å². The predicted molar refractivity (Wildman–Crippen MR) is 143 cm³/mol. The van der Waals surface area contributed by atoms with Crippen LogP contribution in [0.5, 0.6) is 0 Å². The second-order valence-corrected chi connectivity index (χ2v) is 12.8. The Balaban J connectivity index is 1.48. The van der Waals surface area contributed by atoms with Crippen LogP contribution in [-0.4, -0.2) is 76.3 Å². The minimum atomic E-state index is -4.08. The highest BCUT2D eigenvalue weighted by Crippen LogP contribution is 2.40. The molecule has 2 fully saturated rings. The van der Waals surface area contributed by atoms with Gasteiger partial charge in [0.1, 0.15) is 18.5 Å². The lowest BCUT2D eigenvalue weighted by atomic mass is 9.91.